The van der Waals surface area contributed by atoms with Gasteiger partial charge < -0.3 is 9.42 Å². The summed E-state index contributed by atoms with van der Waals surface area (Å²) in [4.78, 5) is 18.1. The van der Waals surface area contributed by atoms with Crippen LogP contribution in [0.25, 0.3) is 11.4 Å². The molecule has 0 aliphatic carbocycles. The van der Waals surface area contributed by atoms with Crippen molar-refractivity contribution >= 4 is 33.0 Å². The molecule has 1 aromatic carbocycles. The maximum atomic E-state index is 12.6. The lowest BCUT2D eigenvalue weighted by molar-refractivity contribution is 0.0743. The smallest absolute Gasteiger partial charge is 0.316 e. The van der Waals surface area contributed by atoms with Gasteiger partial charge in [0, 0.05) is 29.7 Å². The molecule has 0 spiro atoms. The minimum absolute atomic E-state index is 0.0640. The number of benzene rings is 1. The third-order valence-corrected chi connectivity index (χ3v) is 7.19. The number of thiophene rings is 1. The standard InChI is InChI=1S/C18H15N5O4S2/c19-10-12-3-5-14(6-4-12)22-29(25,26)15-9-13(11-28-15)16-20-17(27-21-16)18(24)23-7-1-2-8-23/h3-6,9,11,22H,1-2,7-8H2. The maximum absolute atomic E-state index is 12.6. The first-order valence-electron chi connectivity index (χ1n) is 8.71. The van der Waals surface area contributed by atoms with Crippen molar-refractivity contribution in [2.24, 2.45) is 0 Å². The van der Waals surface area contributed by atoms with E-state index in [4.69, 9.17) is 9.78 Å². The second-order valence-corrected chi connectivity index (χ2v) is 9.19. The van der Waals surface area contributed by atoms with Crippen LogP contribution in [0.4, 0.5) is 5.69 Å². The van der Waals surface area contributed by atoms with Gasteiger partial charge in [-0.05, 0) is 43.2 Å². The van der Waals surface area contributed by atoms with Crippen molar-refractivity contribution in [3.8, 4) is 17.5 Å². The molecule has 1 fully saturated rings. The monoisotopic (exact) mass is 429 g/mol. The highest BCUT2D eigenvalue weighted by molar-refractivity contribution is 7.94. The summed E-state index contributed by atoms with van der Waals surface area (Å²) >= 11 is 1.00. The van der Waals surface area contributed by atoms with Gasteiger partial charge in [0.05, 0.1) is 11.6 Å². The number of nitriles is 1. The number of carbonyl (C=O) groups excluding carboxylic acids is 1. The highest BCUT2D eigenvalue weighted by atomic mass is 32.2. The first kappa shape index (κ1) is 19.1. The van der Waals surface area contributed by atoms with Gasteiger partial charge in [-0.3, -0.25) is 9.52 Å². The molecule has 29 heavy (non-hydrogen) atoms. The van der Waals surface area contributed by atoms with E-state index in [1.165, 1.54) is 30.3 Å². The average Bonchev–Trinajstić information content (AvgIpc) is 3.49. The van der Waals surface area contributed by atoms with Crippen molar-refractivity contribution in [2.45, 2.75) is 17.1 Å². The maximum Gasteiger partial charge on any atom is 0.316 e. The molecule has 1 N–H and O–H groups in total. The lowest BCUT2D eigenvalue weighted by atomic mass is 10.2. The molecule has 1 aliphatic rings. The summed E-state index contributed by atoms with van der Waals surface area (Å²) in [7, 11) is -3.82. The molecule has 148 valence electrons. The van der Waals surface area contributed by atoms with Crippen molar-refractivity contribution in [3.05, 3.63) is 47.2 Å². The molecular formula is C18H15N5O4S2. The zero-order valence-electron chi connectivity index (χ0n) is 15.0. The Bertz CT molecular complexity index is 1190. The van der Waals surface area contributed by atoms with Crippen LogP contribution in [0.1, 0.15) is 29.1 Å². The van der Waals surface area contributed by atoms with Crippen molar-refractivity contribution in [2.75, 3.05) is 17.8 Å². The van der Waals surface area contributed by atoms with Gasteiger partial charge in [0.25, 0.3) is 10.0 Å². The number of carbonyl (C=O) groups is 1. The molecule has 1 saturated heterocycles. The molecule has 2 aromatic heterocycles. The van der Waals surface area contributed by atoms with Gasteiger partial charge in [-0.1, -0.05) is 5.16 Å². The predicted molar refractivity (Wildman–Crippen MR) is 105 cm³/mol. The molecule has 0 atom stereocenters. The van der Waals surface area contributed by atoms with Crippen molar-refractivity contribution < 1.29 is 17.7 Å². The second-order valence-electron chi connectivity index (χ2n) is 6.37. The Hall–Kier alpha value is -3.23. The van der Waals surface area contributed by atoms with E-state index < -0.39 is 10.0 Å². The number of likely N-dealkylation sites (tertiary alicyclic amines) is 1. The summed E-state index contributed by atoms with van der Waals surface area (Å²) in [5.74, 6) is -0.261. The van der Waals surface area contributed by atoms with Crippen LogP contribution in [-0.2, 0) is 10.0 Å². The molecule has 1 amide bonds. The summed E-state index contributed by atoms with van der Waals surface area (Å²) < 4.78 is 32.8. The van der Waals surface area contributed by atoms with E-state index in [1.54, 1.807) is 10.3 Å². The van der Waals surface area contributed by atoms with Gasteiger partial charge in [-0.2, -0.15) is 10.2 Å². The van der Waals surface area contributed by atoms with E-state index in [2.05, 4.69) is 14.9 Å². The molecule has 9 nitrogen and oxygen atoms in total. The fraction of sp³-hybridized carbons (Fsp3) is 0.222. The highest BCUT2D eigenvalue weighted by Gasteiger charge is 2.26. The fourth-order valence-electron chi connectivity index (χ4n) is 2.88. The van der Waals surface area contributed by atoms with E-state index in [0.717, 1.165) is 24.2 Å². The Morgan fingerprint density at radius 2 is 1.97 bits per heavy atom. The van der Waals surface area contributed by atoms with Crippen LogP contribution < -0.4 is 4.72 Å². The van der Waals surface area contributed by atoms with Gasteiger partial charge in [-0.25, -0.2) is 8.42 Å². The van der Waals surface area contributed by atoms with Crippen molar-refractivity contribution in [3.63, 3.8) is 0 Å². The number of sulfonamides is 1. The predicted octanol–water partition coefficient (Wildman–Crippen LogP) is 2.71. The molecule has 11 heteroatoms. The number of aromatic nitrogens is 2. The molecule has 0 unspecified atom stereocenters. The molecule has 0 bridgehead atoms. The number of nitrogens with zero attached hydrogens (tertiary/aromatic N) is 4. The molecule has 4 rings (SSSR count). The van der Waals surface area contributed by atoms with Crippen LogP contribution in [0.3, 0.4) is 0 Å². The third kappa shape index (κ3) is 3.98. The van der Waals surface area contributed by atoms with Gasteiger partial charge in [-0.15, -0.1) is 11.3 Å². The summed E-state index contributed by atoms with van der Waals surface area (Å²) in [6.07, 6.45) is 1.90. The Balaban J connectivity index is 1.51. The lowest BCUT2D eigenvalue weighted by Crippen LogP contribution is -2.27. The fourth-order valence-corrected chi connectivity index (χ4v) is 5.09. The number of amides is 1. The number of hydrogen-bond donors (Lipinski definition) is 1. The molecule has 3 aromatic rings. The zero-order valence-corrected chi connectivity index (χ0v) is 16.7. The van der Waals surface area contributed by atoms with E-state index in [9.17, 15) is 13.2 Å². The van der Waals surface area contributed by atoms with Gasteiger partial charge in [0.1, 0.15) is 4.21 Å². The van der Waals surface area contributed by atoms with Crippen LogP contribution in [0.5, 0.6) is 0 Å². The Morgan fingerprint density at radius 1 is 1.24 bits per heavy atom. The van der Waals surface area contributed by atoms with Crippen LogP contribution in [0, 0.1) is 11.3 Å². The Morgan fingerprint density at radius 3 is 2.66 bits per heavy atom. The lowest BCUT2D eigenvalue weighted by Gasteiger charge is -2.10. The SMILES string of the molecule is N#Cc1ccc(NS(=O)(=O)c2cc(-c3noc(C(=O)N4CCCC4)n3)cs2)cc1. The second kappa shape index (κ2) is 7.65. The average molecular weight is 429 g/mol. The highest BCUT2D eigenvalue weighted by Crippen LogP contribution is 2.28. The quantitative estimate of drug-likeness (QED) is 0.660. The number of hydrogen-bond acceptors (Lipinski definition) is 8. The zero-order chi connectivity index (χ0) is 20.4. The topological polar surface area (TPSA) is 129 Å². The first-order chi connectivity index (χ1) is 14.0. The van der Waals surface area contributed by atoms with Gasteiger partial charge in [0.2, 0.25) is 5.82 Å². The number of rotatable bonds is 5. The summed E-state index contributed by atoms with van der Waals surface area (Å²) in [6, 6.07) is 9.47. The van der Waals surface area contributed by atoms with Gasteiger partial charge in [0.15, 0.2) is 0 Å². The summed E-state index contributed by atoms with van der Waals surface area (Å²) in [6.45, 7) is 1.33. The summed E-state index contributed by atoms with van der Waals surface area (Å²) in [5, 5.41) is 14.2. The Kier molecular flexibility index (Phi) is 5.04. The number of anilines is 1. The van der Waals surface area contributed by atoms with Crippen LogP contribution in [-0.4, -0.2) is 42.5 Å². The van der Waals surface area contributed by atoms with E-state index in [-0.39, 0.29) is 21.8 Å². The minimum Gasteiger partial charge on any atom is -0.334 e. The summed E-state index contributed by atoms with van der Waals surface area (Å²) in [5.41, 5.74) is 1.22. The molecule has 0 saturated carbocycles. The molecule has 3 heterocycles. The van der Waals surface area contributed by atoms with Crippen LogP contribution in [0.2, 0.25) is 0 Å². The van der Waals surface area contributed by atoms with E-state index in [1.807, 2.05) is 6.07 Å². The largest absolute Gasteiger partial charge is 0.334 e. The van der Waals surface area contributed by atoms with Crippen molar-refractivity contribution in [1.82, 2.24) is 15.0 Å². The van der Waals surface area contributed by atoms with E-state index in [0.29, 0.717) is 29.9 Å². The Labute approximate surface area is 170 Å². The van der Waals surface area contributed by atoms with E-state index >= 15 is 0 Å². The van der Waals surface area contributed by atoms with Gasteiger partial charge >= 0.3 is 11.8 Å². The molecule has 0 radical (unpaired) electrons. The van der Waals surface area contributed by atoms with Crippen molar-refractivity contribution in [1.29, 1.82) is 5.26 Å². The molecular weight excluding hydrogens is 414 g/mol. The number of nitrogens with one attached hydrogen (secondary N) is 1. The minimum atomic E-state index is -3.82. The molecule has 1 aliphatic heterocycles. The van der Waals surface area contributed by atoms with Crippen LogP contribution >= 0.6 is 11.3 Å². The third-order valence-electron chi connectivity index (χ3n) is 4.37. The van der Waals surface area contributed by atoms with Crippen LogP contribution in [0.15, 0.2) is 44.4 Å². The first-order valence-corrected chi connectivity index (χ1v) is 11.1. The normalized spacial score (nSPS) is 14.0.